The van der Waals surface area contributed by atoms with Crippen molar-refractivity contribution in [2.45, 2.75) is 26.3 Å². The van der Waals surface area contributed by atoms with E-state index in [1.807, 2.05) is 19.1 Å². The van der Waals surface area contributed by atoms with Gasteiger partial charge in [-0.2, -0.15) is 0 Å². The molecule has 0 fully saturated rings. The van der Waals surface area contributed by atoms with Crippen LogP contribution in [0, 0.1) is 5.82 Å². The van der Waals surface area contributed by atoms with Crippen molar-refractivity contribution < 1.29 is 4.39 Å². The Morgan fingerprint density at radius 1 is 1.28 bits per heavy atom. The van der Waals surface area contributed by atoms with E-state index >= 15 is 0 Å². The highest BCUT2D eigenvalue weighted by molar-refractivity contribution is 5.47. The van der Waals surface area contributed by atoms with Crippen LogP contribution in [0.25, 0.3) is 0 Å². The van der Waals surface area contributed by atoms with E-state index in [-0.39, 0.29) is 11.9 Å². The average Bonchev–Trinajstić information content (AvgIpc) is 2.39. The van der Waals surface area contributed by atoms with Crippen molar-refractivity contribution in [2.24, 2.45) is 0 Å². The fourth-order valence-corrected chi connectivity index (χ4v) is 1.85. The second-order valence-electron chi connectivity index (χ2n) is 4.32. The van der Waals surface area contributed by atoms with E-state index in [1.165, 1.54) is 17.8 Å². The van der Waals surface area contributed by atoms with Gasteiger partial charge in [-0.3, -0.25) is 4.98 Å². The maximum absolute atomic E-state index is 12.8. The zero-order valence-corrected chi connectivity index (χ0v) is 10.7. The van der Waals surface area contributed by atoms with E-state index < -0.39 is 0 Å². The van der Waals surface area contributed by atoms with Crippen molar-refractivity contribution in [3.63, 3.8) is 0 Å². The molecule has 3 heteroatoms. The Kier molecular flexibility index (Phi) is 3.92. The Morgan fingerprint density at radius 2 is 2.11 bits per heavy atom. The summed E-state index contributed by atoms with van der Waals surface area (Å²) in [6, 6.07) is 11.5. The van der Waals surface area contributed by atoms with Gasteiger partial charge >= 0.3 is 0 Å². The Balaban J connectivity index is 2.10. The highest BCUT2D eigenvalue weighted by atomic mass is 19.1. The van der Waals surface area contributed by atoms with Crippen LogP contribution in [0.1, 0.15) is 31.1 Å². The number of nitrogens with zero attached hydrogens (tertiary/aromatic N) is 1. The molecule has 0 saturated heterocycles. The van der Waals surface area contributed by atoms with Crippen molar-refractivity contribution in [3.8, 4) is 0 Å². The highest BCUT2D eigenvalue weighted by Crippen LogP contribution is 2.18. The first-order valence-electron chi connectivity index (χ1n) is 6.16. The number of anilines is 1. The third-order valence-corrected chi connectivity index (χ3v) is 2.91. The minimum Gasteiger partial charge on any atom is -0.377 e. The van der Waals surface area contributed by atoms with E-state index in [4.69, 9.17) is 0 Å². The molecule has 0 amide bonds. The van der Waals surface area contributed by atoms with Crippen LogP contribution in [0.4, 0.5) is 10.1 Å². The summed E-state index contributed by atoms with van der Waals surface area (Å²) < 4.78 is 12.8. The number of halogens is 1. The van der Waals surface area contributed by atoms with E-state index in [1.54, 1.807) is 6.07 Å². The van der Waals surface area contributed by atoms with Crippen LogP contribution in [0.3, 0.4) is 0 Å². The molecule has 2 rings (SSSR count). The number of hydrogen-bond acceptors (Lipinski definition) is 2. The van der Waals surface area contributed by atoms with Gasteiger partial charge in [-0.15, -0.1) is 0 Å². The third-order valence-electron chi connectivity index (χ3n) is 2.91. The van der Waals surface area contributed by atoms with Gasteiger partial charge in [0.1, 0.15) is 5.82 Å². The lowest BCUT2D eigenvalue weighted by Crippen LogP contribution is -2.08. The molecular formula is C15H17FN2. The second-order valence-corrected chi connectivity index (χ2v) is 4.32. The van der Waals surface area contributed by atoms with Crippen LogP contribution in [-0.4, -0.2) is 4.98 Å². The van der Waals surface area contributed by atoms with Crippen LogP contribution in [0.2, 0.25) is 0 Å². The summed E-state index contributed by atoms with van der Waals surface area (Å²) in [5.74, 6) is -0.307. The summed E-state index contributed by atoms with van der Waals surface area (Å²) >= 11 is 0. The quantitative estimate of drug-likeness (QED) is 0.880. The van der Waals surface area contributed by atoms with Crippen LogP contribution in [0.15, 0.2) is 42.6 Å². The SMILES string of the molecule is CCc1cccc(NC(C)c2ccc(F)cn2)c1. The van der Waals surface area contributed by atoms with Crippen molar-refractivity contribution in [2.75, 3.05) is 5.32 Å². The molecule has 0 saturated carbocycles. The lowest BCUT2D eigenvalue weighted by molar-refractivity contribution is 0.617. The molecule has 18 heavy (non-hydrogen) atoms. The molecular weight excluding hydrogens is 227 g/mol. The lowest BCUT2D eigenvalue weighted by atomic mass is 10.1. The fraction of sp³-hybridized carbons (Fsp3) is 0.267. The number of pyridine rings is 1. The molecule has 0 bridgehead atoms. The van der Waals surface area contributed by atoms with Crippen LogP contribution >= 0.6 is 0 Å². The minimum atomic E-state index is -0.307. The molecule has 1 heterocycles. The molecule has 0 spiro atoms. The molecule has 94 valence electrons. The Bertz CT molecular complexity index is 508. The summed E-state index contributed by atoms with van der Waals surface area (Å²) in [4.78, 5) is 4.08. The maximum atomic E-state index is 12.8. The van der Waals surface area contributed by atoms with Gasteiger partial charge in [0.25, 0.3) is 0 Å². The number of nitrogens with one attached hydrogen (secondary N) is 1. The van der Waals surface area contributed by atoms with Gasteiger partial charge in [0, 0.05) is 5.69 Å². The molecule has 0 radical (unpaired) electrons. The number of rotatable bonds is 4. The van der Waals surface area contributed by atoms with Crippen LogP contribution in [0.5, 0.6) is 0 Å². The Labute approximate surface area is 107 Å². The van der Waals surface area contributed by atoms with Gasteiger partial charge in [0.05, 0.1) is 17.9 Å². The molecule has 0 aliphatic rings. The van der Waals surface area contributed by atoms with Crippen LogP contribution < -0.4 is 5.32 Å². The zero-order chi connectivity index (χ0) is 13.0. The zero-order valence-electron chi connectivity index (χ0n) is 10.7. The first kappa shape index (κ1) is 12.6. The van der Waals surface area contributed by atoms with Gasteiger partial charge in [-0.1, -0.05) is 19.1 Å². The Hall–Kier alpha value is -1.90. The van der Waals surface area contributed by atoms with Gasteiger partial charge < -0.3 is 5.32 Å². The first-order chi connectivity index (χ1) is 8.69. The summed E-state index contributed by atoms with van der Waals surface area (Å²) in [5, 5.41) is 3.37. The van der Waals surface area contributed by atoms with Crippen molar-refractivity contribution >= 4 is 5.69 Å². The van der Waals surface area contributed by atoms with Gasteiger partial charge in [-0.05, 0) is 43.2 Å². The van der Waals surface area contributed by atoms with Crippen molar-refractivity contribution in [1.82, 2.24) is 4.98 Å². The number of aromatic nitrogens is 1. The van der Waals surface area contributed by atoms with Crippen molar-refractivity contribution in [1.29, 1.82) is 0 Å². The predicted octanol–water partition coefficient (Wildman–Crippen LogP) is 3.96. The molecule has 1 N–H and O–H groups in total. The summed E-state index contributed by atoms with van der Waals surface area (Å²) in [6.07, 6.45) is 2.26. The standard InChI is InChI=1S/C15H17FN2/c1-3-12-5-4-6-14(9-12)18-11(2)15-8-7-13(16)10-17-15/h4-11,18H,3H2,1-2H3. The van der Waals surface area contributed by atoms with E-state index in [0.29, 0.717) is 0 Å². The molecule has 1 unspecified atom stereocenters. The molecule has 1 aromatic heterocycles. The smallest absolute Gasteiger partial charge is 0.141 e. The normalized spacial score (nSPS) is 12.2. The molecule has 0 aliphatic carbocycles. The van der Waals surface area contributed by atoms with E-state index in [2.05, 4.69) is 29.4 Å². The number of aryl methyl sites for hydroxylation is 1. The van der Waals surface area contributed by atoms with E-state index in [9.17, 15) is 4.39 Å². The van der Waals surface area contributed by atoms with Gasteiger partial charge in [-0.25, -0.2) is 4.39 Å². The van der Waals surface area contributed by atoms with Crippen LogP contribution in [-0.2, 0) is 6.42 Å². The first-order valence-corrected chi connectivity index (χ1v) is 6.16. The number of benzene rings is 1. The molecule has 0 aliphatic heterocycles. The summed E-state index contributed by atoms with van der Waals surface area (Å²) in [7, 11) is 0. The highest BCUT2D eigenvalue weighted by Gasteiger charge is 2.06. The van der Waals surface area contributed by atoms with Gasteiger partial charge in [0.2, 0.25) is 0 Å². The largest absolute Gasteiger partial charge is 0.377 e. The molecule has 2 nitrogen and oxygen atoms in total. The second kappa shape index (κ2) is 5.63. The fourth-order valence-electron chi connectivity index (χ4n) is 1.85. The molecule has 1 atom stereocenters. The monoisotopic (exact) mass is 244 g/mol. The number of hydrogen-bond donors (Lipinski definition) is 1. The van der Waals surface area contributed by atoms with Crippen molar-refractivity contribution in [3.05, 3.63) is 59.7 Å². The average molecular weight is 244 g/mol. The maximum Gasteiger partial charge on any atom is 0.141 e. The predicted molar refractivity (Wildman–Crippen MR) is 72.1 cm³/mol. The lowest BCUT2D eigenvalue weighted by Gasteiger charge is -2.15. The minimum absolute atomic E-state index is 0.0534. The topological polar surface area (TPSA) is 24.9 Å². The molecule has 2 aromatic rings. The van der Waals surface area contributed by atoms with Gasteiger partial charge in [0.15, 0.2) is 0 Å². The third kappa shape index (κ3) is 3.06. The summed E-state index contributed by atoms with van der Waals surface area (Å²) in [6.45, 7) is 4.14. The summed E-state index contributed by atoms with van der Waals surface area (Å²) in [5.41, 5.74) is 3.19. The molecule has 1 aromatic carbocycles. The Morgan fingerprint density at radius 3 is 2.78 bits per heavy atom. The van der Waals surface area contributed by atoms with E-state index in [0.717, 1.165) is 17.8 Å².